The van der Waals surface area contributed by atoms with E-state index >= 15 is 0 Å². The number of rotatable bonds is 9. The lowest BCUT2D eigenvalue weighted by molar-refractivity contribution is -0.0747. The van der Waals surface area contributed by atoms with Gasteiger partial charge in [-0.15, -0.1) is 0 Å². The quantitative estimate of drug-likeness (QED) is 0.360. The van der Waals surface area contributed by atoms with Gasteiger partial charge in [0.05, 0.1) is 25.9 Å². The first-order valence-electron chi connectivity index (χ1n) is 13.9. The zero-order valence-electron chi connectivity index (χ0n) is 21.2. The van der Waals surface area contributed by atoms with Crippen molar-refractivity contribution in [2.45, 2.75) is 97.0 Å². The summed E-state index contributed by atoms with van der Waals surface area (Å²) >= 11 is 0. The van der Waals surface area contributed by atoms with Gasteiger partial charge in [-0.2, -0.15) is 8.78 Å². The number of halogens is 2. The van der Waals surface area contributed by atoms with Crippen LogP contribution >= 0.6 is 0 Å². The molecule has 0 amide bonds. The summed E-state index contributed by atoms with van der Waals surface area (Å²) in [5.74, 6) is 1.65. The maximum absolute atomic E-state index is 14.3. The largest absolute Gasteiger partial charge is 0.491 e. The molecule has 4 rings (SSSR count). The van der Waals surface area contributed by atoms with E-state index in [1.54, 1.807) is 6.92 Å². The molecule has 0 spiro atoms. The number of hydrogen-bond acceptors (Lipinski definition) is 3. The Kier molecular flexibility index (Phi) is 9.50. The van der Waals surface area contributed by atoms with E-state index < -0.39 is 11.6 Å². The van der Waals surface area contributed by atoms with Crippen molar-refractivity contribution in [3.8, 4) is 11.5 Å². The van der Waals surface area contributed by atoms with E-state index in [4.69, 9.17) is 14.2 Å². The summed E-state index contributed by atoms with van der Waals surface area (Å²) in [6.45, 7) is 5.74. The highest BCUT2D eigenvalue weighted by Gasteiger charge is 2.35. The van der Waals surface area contributed by atoms with Crippen LogP contribution in [0.5, 0.6) is 11.5 Å². The third-order valence-corrected chi connectivity index (χ3v) is 8.80. The Morgan fingerprint density at radius 3 is 1.91 bits per heavy atom. The predicted octanol–water partition coefficient (Wildman–Crippen LogP) is 7.95. The van der Waals surface area contributed by atoms with Crippen LogP contribution < -0.4 is 9.47 Å². The van der Waals surface area contributed by atoms with Crippen LogP contribution in [0.15, 0.2) is 12.1 Å². The van der Waals surface area contributed by atoms with Crippen molar-refractivity contribution in [3.63, 3.8) is 0 Å². The van der Waals surface area contributed by atoms with Crippen molar-refractivity contribution in [2.75, 3.05) is 19.8 Å². The molecule has 1 heterocycles. The normalized spacial score (nSPS) is 32.4. The van der Waals surface area contributed by atoms with Crippen LogP contribution in [0.2, 0.25) is 0 Å². The first-order chi connectivity index (χ1) is 16.6. The molecule has 192 valence electrons. The summed E-state index contributed by atoms with van der Waals surface area (Å²) in [4.78, 5) is 0. The molecule has 3 fully saturated rings. The molecule has 5 heteroatoms. The third-order valence-electron chi connectivity index (χ3n) is 8.80. The lowest BCUT2D eigenvalue weighted by Crippen LogP contribution is -2.37. The van der Waals surface area contributed by atoms with Crippen LogP contribution in [0.3, 0.4) is 0 Å². The first-order valence-corrected chi connectivity index (χ1v) is 13.9. The fourth-order valence-corrected chi connectivity index (χ4v) is 6.72. The SMILES string of the molecule is CCCC1CCC(C2CCC(C3CCC(COc4ccc(OCC)c(F)c4F)CC3)OC2)CC1. The second-order valence-electron chi connectivity index (χ2n) is 11.0. The molecule has 0 radical (unpaired) electrons. The molecule has 3 nitrogen and oxygen atoms in total. The number of ether oxygens (including phenoxy) is 3. The minimum absolute atomic E-state index is 0.0199. The average molecular weight is 479 g/mol. The summed E-state index contributed by atoms with van der Waals surface area (Å²) in [5.41, 5.74) is 0. The molecule has 2 atom stereocenters. The van der Waals surface area contributed by atoms with Gasteiger partial charge in [0.2, 0.25) is 11.6 Å². The van der Waals surface area contributed by atoms with Gasteiger partial charge in [0.1, 0.15) is 0 Å². The molecule has 0 N–H and O–H groups in total. The third kappa shape index (κ3) is 6.44. The van der Waals surface area contributed by atoms with E-state index in [0.717, 1.165) is 50.0 Å². The Morgan fingerprint density at radius 2 is 1.32 bits per heavy atom. The van der Waals surface area contributed by atoms with Crippen LogP contribution in [0.1, 0.15) is 90.9 Å². The van der Waals surface area contributed by atoms with Gasteiger partial charge in [-0.05, 0) is 100 Å². The molecule has 1 aromatic rings. The van der Waals surface area contributed by atoms with Crippen molar-refractivity contribution in [3.05, 3.63) is 23.8 Å². The van der Waals surface area contributed by atoms with Crippen LogP contribution in [-0.2, 0) is 4.74 Å². The molecule has 1 saturated heterocycles. The highest BCUT2D eigenvalue weighted by atomic mass is 19.2. The molecule has 1 aromatic carbocycles. The Balaban J connectivity index is 1.16. The van der Waals surface area contributed by atoms with Crippen molar-refractivity contribution in [2.24, 2.45) is 29.6 Å². The summed E-state index contributed by atoms with van der Waals surface area (Å²) in [7, 11) is 0. The first kappa shape index (κ1) is 25.7. The lowest BCUT2D eigenvalue weighted by Gasteiger charge is -2.41. The van der Waals surface area contributed by atoms with E-state index in [-0.39, 0.29) is 11.5 Å². The highest BCUT2D eigenvalue weighted by molar-refractivity contribution is 5.35. The van der Waals surface area contributed by atoms with Gasteiger partial charge in [0.25, 0.3) is 0 Å². The summed E-state index contributed by atoms with van der Waals surface area (Å²) in [6.07, 6.45) is 15.8. The molecule has 2 unspecified atom stereocenters. The lowest BCUT2D eigenvalue weighted by atomic mass is 9.71. The number of benzene rings is 1. The second-order valence-corrected chi connectivity index (χ2v) is 11.0. The van der Waals surface area contributed by atoms with E-state index in [1.807, 2.05) is 0 Å². The molecular weight excluding hydrogens is 434 g/mol. The number of hydrogen-bond donors (Lipinski definition) is 0. The van der Waals surface area contributed by atoms with Crippen molar-refractivity contribution < 1.29 is 23.0 Å². The van der Waals surface area contributed by atoms with Gasteiger partial charge in [0, 0.05) is 0 Å². The zero-order valence-corrected chi connectivity index (χ0v) is 21.2. The second kappa shape index (κ2) is 12.6. The van der Waals surface area contributed by atoms with Gasteiger partial charge in [-0.1, -0.05) is 32.6 Å². The Bertz CT molecular complexity index is 746. The minimum atomic E-state index is -0.968. The zero-order chi connectivity index (χ0) is 23.9. The van der Waals surface area contributed by atoms with Gasteiger partial charge in [-0.25, -0.2) is 0 Å². The fourth-order valence-electron chi connectivity index (χ4n) is 6.72. The maximum Gasteiger partial charge on any atom is 0.204 e. The topological polar surface area (TPSA) is 27.7 Å². The molecule has 0 bridgehead atoms. The smallest absolute Gasteiger partial charge is 0.204 e. The Morgan fingerprint density at radius 1 is 0.735 bits per heavy atom. The monoisotopic (exact) mass is 478 g/mol. The standard InChI is InChI=1S/C29H44F2O3/c1-3-5-20-6-10-22(11-7-20)24-14-15-25(34-19-24)23-12-8-21(9-13-23)18-33-27-17-16-26(32-4-2)28(30)29(27)31/h16-17,20-25H,3-15,18-19H2,1-2H3. The molecule has 0 aromatic heterocycles. The van der Waals surface area contributed by atoms with E-state index in [9.17, 15) is 8.78 Å². The van der Waals surface area contributed by atoms with Crippen molar-refractivity contribution in [1.29, 1.82) is 0 Å². The van der Waals surface area contributed by atoms with E-state index in [0.29, 0.717) is 31.2 Å². The summed E-state index contributed by atoms with van der Waals surface area (Å²) in [6, 6.07) is 2.91. The van der Waals surface area contributed by atoms with E-state index in [1.165, 1.54) is 63.5 Å². The van der Waals surface area contributed by atoms with Crippen molar-refractivity contribution >= 4 is 0 Å². The maximum atomic E-state index is 14.3. The van der Waals surface area contributed by atoms with Crippen molar-refractivity contribution in [1.82, 2.24) is 0 Å². The van der Waals surface area contributed by atoms with Gasteiger partial charge in [0.15, 0.2) is 11.5 Å². The Hall–Kier alpha value is -1.36. The van der Waals surface area contributed by atoms with E-state index in [2.05, 4.69) is 6.92 Å². The minimum Gasteiger partial charge on any atom is -0.491 e. The van der Waals surface area contributed by atoms with Gasteiger partial charge < -0.3 is 14.2 Å². The molecular formula is C29H44F2O3. The van der Waals surface area contributed by atoms with Crippen LogP contribution in [0.4, 0.5) is 8.78 Å². The highest BCUT2D eigenvalue weighted by Crippen LogP contribution is 2.42. The average Bonchev–Trinajstić information content (AvgIpc) is 2.88. The van der Waals surface area contributed by atoms with Crippen LogP contribution in [-0.4, -0.2) is 25.9 Å². The molecule has 1 aliphatic heterocycles. The van der Waals surface area contributed by atoms with Gasteiger partial charge in [-0.3, -0.25) is 0 Å². The van der Waals surface area contributed by atoms with Crippen LogP contribution in [0.25, 0.3) is 0 Å². The van der Waals surface area contributed by atoms with Crippen LogP contribution in [0, 0.1) is 41.2 Å². The molecule has 2 aliphatic carbocycles. The van der Waals surface area contributed by atoms with Gasteiger partial charge >= 0.3 is 0 Å². The summed E-state index contributed by atoms with van der Waals surface area (Å²) in [5, 5.41) is 0. The Labute approximate surface area is 204 Å². The summed E-state index contributed by atoms with van der Waals surface area (Å²) < 4.78 is 45.6. The predicted molar refractivity (Wildman–Crippen MR) is 131 cm³/mol. The fraction of sp³-hybridized carbons (Fsp3) is 0.793. The molecule has 34 heavy (non-hydrogen) atoms. The molecule has 3 aliphatic rings. The molecule has 2 saturated carbocycles.